The molecule has 1 N–H and O–H groups in total. The Morgan fingerprint density at radius 3 is 2.32 bits per heavy atom. The number of halogens is 3. The van der Waals surface area contributed by atoms with Crippen LogP contribution in [0, 0.1) is 11.6 Å². The van der Waals surface area contributed by atoms with Gasteiger partial charge in [-0.25, -0.2) is 17.2 Å². The minimum Gasteiger partial charge on any atom is -0.396 e. The van der Waals surface area contributed by atoms with E-state index >= 15 is 0 Å². The normalized spacial score (nSPS) is 13.1. The van der Waals surface area contributed by atoms with Gasteiger partial charge in [0.05, 0.1) is 10.1 Å². The highest BCUT2D eigenvalue weighted by atomic mass is 35.5. The number of hydrogen-bond donors (Lipinski definition) is 1. The second kappa shape index (κ2) is 6.73. The number of sulfone groups is 1. The Morgan fingerprint density at radius 1 is 1.09 bits per heavy atom. The lowest BCUT2D eigenvalue weighted by molar-refractivity contribution is 0.284. The molecule has 0 aromatic heterocycles. The summed E-state index contributed by atoms with van der Waals surface area (Å²) in [4.78, 5) is -0.0704. The third-order valence-corrected chi connectivity index (χ3v) is 5.63. The Balaban J connectivity index is 2.55. The average molecular weight is 347 g/mol. The highest BCUT2D eigenvalue weighted by molar-refractivity contribution is 7.91. The van der Waals surface area contributed by atoms with Gasteiger partial charge in [0, 0.05) is 17.2 Å². The van der Waals surface area contributed by atoms with Gasteiger partial charge in [-0.3, -0.25) is 0 Å². The van der Waals surface area contributed by atoms with Gasteiger partial charge >= 0.3 is 0 Å². The zero-order valence-electron chi connectivity index (χ0n) is 11.3. The van der Waals surface area contributed by atoms with Gasteiger partial charge < -0.3 is 5.11 Å². The van der Waals surface area contributed by atoms with Gasteiger partial charge in [0.15, 0.2) is 9.84 Å². The molecule has 0 heterocycles. The van der Waals surface area contributed by atoms with Crippen LogP contribution in [0.4, 0.5) is 8.78 Å². The Hall–Kier alpha value is -1.50. The van der Waals surface area contributed by atoms with Crippen molar-refractivity contribution < 1.29 is 22.3 Å². The Kier molecular flexibility index (Phi) is 5.16. The van der Waals surface area contributed by atoms with E-state index in [0.29, 0.717) is 5.02 Å². The number of aliphatic hydroxyl groups excluding tert-OH is 1. The van der Waals surface area contributed by atoms with Crippen molar-refractivity contribution in [1.82, 2.24) is 0 Å². The molecule has 0 spiro atoms. The molecule has 0 aliphatic heterocycles. The van der Waals surface area contributed by atoms with E-state index in [2.05, 4.69) is 0 Å². The topological polar surface area (TPSA) is 54.4 Å². The van der Waals surface area contributed by atoms with E-state index in [-0.39, 0.29) is 16.9 Å². The van der Waals surface area contributed by atoms with Crippen LogP contribution >= 0.6 is 11.6 Å². The van der Waals surface area contributed by atoms with Gasteiger partial charge in [0.25, 0.3) is 0 Å². The van der Waals surface area contributed by atoms with Crippen LogP contribution in [0.25, 0.3) is 0 Å². The lowest BCUT2D eigenvalue weighted by Crippen LogP contribution is -2.17. The summed E-state index contributed by atoms with van der Waals surface area (Å²) in [7, 11) is -4.00. The van der Waals surface area contributed by atoms with Crippen molar-refractivity contribution in [3.63, 3.8) is 0 Å². The number of rotatable bonds is 5. The van der Waals surface area contributed by atoms with Crippen LogP contribution in [0.1, 0.15) is 17.2 Å². The summed E-state index contributed by atoms with van der Waals surface area (Å²) in [5.41, 5.74) is -0.302. The molecular weight excluding hydrogens is 334 g/mol. The first kappa shape index (κ1) is 16.9. The van der Waals surface area contributed by atoms with Crippen LogP contribution < -0.4 is 0 Å². The molecule has 2 rings (SSSR count). The fourth-order valence-corrected chi connectivity index (χ4v) is 4.05. The third kappa shape index (κ3) is 3.45. The third-order valence-electron chi connectivity index (χ3n) is 3.21. The molecule has 1 atom stereocenters. The number of benzene rings is 2. The maximum Gasteiger partial charge on any atom is 0.185 e. The Bertz CT molecular complexity index is 761. The molecule has 7 heteroatoms. The van der Waals surface area contributed by atoms with Crippen molar-refractivity contribution in [1.29, 1.82) is 0 Å². The highest BCUT2D eigenvalue weighted by Crippen LogP contribution is 2.34. The van der Waals surface area contributed by atoms with Crippen LogP contribution in [0.15, 0.2) is 47.4 Å². The lowest BCUT2D eigenvalue weighted by atomic mass is 10.1. The summed E-state index contributed by atoms with van der Waals surface area (Å²) in [5.74, 6) is -1.58. The van der Waals surface area contributed by atoms with Crippen molar-refractivity contribution in [3.8, 4) is 0 Å². The molecular formula is C15H13ClF2O3S. The minimum absolute atomic E-state index is 0.0704. The van der Waals surface area contributed by atoms with E-state index in [4.69, 9.17) is 16.7 Å². The predicted octanol–water partition coefficient (Wildman–Crippen LogP) is 3.52. The summed E-state index contributed by atoms with van der Waals surface area (Å²) in [5, 5.41) is 8.09. The molecule has 22 heavy (non-hydrogen) atoms. The summed E-state index contributed by atoms with van der Waals surface area (Å²) in [6.07, 6.45) is -0.245. The molecule has 0 fully saturated rings. The second-order valence-corrected chi connectivity index (χ2v) is 7.23. The first-order valence-corrected chi connectivity index (χ1v) is 8.34. The van der Waals surface area contributed by atoms with E-state index in [9.17, 15) is 17.2 Å². The molecule has 0 amide bonds. The summed E-state index contributed by atoms with van der Waals surface area (Å²) >= 11 is 5.72. The summed E-state index contributed by atoms with van der Waals surface area (Å²) in [6, 6.07) is 7.98. The maximum atomic E-state index is 13.9. The second-order valence-electron chi connectivity index (χ2n) is 4.67. The van der Waals surface area contributed by atoms with Crippen molar-refractivity contribution >= 4 is 21.4 Å². The fraction of sp³-hybridized carbons (Fsp3) is 0.200. The Morgan fingerprint density at radius 2 is 1.73 bits per heavy atom. The van der Waals surface area contributed by atoms with E-state index in [1.165, 1.54) is 24.3 Å². The molecule has 2 aromatic carbocycles. The number of hydrogen-bond acceptors (Lipinski definition) is 3. The van der Waals surface area contributed by atoms with Crippen LogP contribution in [0.3, 0.4) is 0 Å². The monoisotopic (exact) mass is 346 g/mol. The first-order chi connectivity index (χ1) is 10.4. The van der Waals surface area contributed by atoms with Gasteiger partial charge in [-0.05, 0) is 48.9 Å². The van der Waals surface area contributed by atoms with Crippen molar-refractivity contribution in [3.05, 3.63) is 64.7 Å². The van der Waals surface area contributed by atoms with Crippen LogP contribution in [0.2, 0.25) is 5.02 Å². The quantitative estimate of drug-likeness (QED) is 0.901. The van der Waals surface area contributed by atoms with E-state index < -0.39 is 33.3 Å². The minimum atomic E-state index is -4.00. The van der Waals surface area contributed by atoms with Crippen molar-refractivity contribution in [2.24, 2.45) is 0 Å². The standard InChI is InChI=1S/C15H13ClF2O3S/c16-10-1-4-12(5-2-10)22(20,21)15(7-8-19)13-9-11(17)3-6-14(13)18/h1-6,9,15,19H,7-8H2/t15-/m1/s1. The van der Waals surface area contributed by atoms with Crippen LogP contribution in [-0.2, 0) is 9.84 Å². The molecule has 2 aromatic rings. The van der Waals surface area contributed by atoms with E-state index in [0.717, 1.165) is 18.2 Å². The van der Waals surface area contributed by atoms with Crippen LogP contribution in [0.5, 0.6) is 0 Å². The molecule has 0 saturated carbocycles. The smallest absolute Gasteiger partial charge is 0.185 e. The van der Waals surface area contributed by atoms with Crippen molar-refractivity contribution in [2.75, 3.05) is 6.61 Å². The fourth-order valence-electron chi connectivity index (χ4n) is 2.14. The van der Waals surface area contributed by atoms with E-state index in [1.807, 2.05) is 0 Å². The van der Waals surface area contributed by atoms with Gasteiger partial charge in [-0.2, -0.15) is 0 Å². The molecule has 0 bridgehead atoms. The maximum absolute atomic E-state index is 13.9. The summed E-state index contributed by atoms with van der Waals surface area (Å²) in [6.45, 7) is -0.479. The summed E-state index contributed by atoms with van der Waals surface area (Å²) < 4.78 is 52.6. The lowest BCUT2D eigenvalue weighted by Gasteiger charge is -2.18. The van der Waals surface area contributed by atoms with E-state index in [1.54, 1.807) is 0 Å². The van der Waals surface area contributed by atoms with Crippen LogP contribution in [-0.4, -0.2) is 20.1 Å². The largest absolute Gasteiger partial charge is 0.396 e. The predicted molar refractivity (Wildman–Crippen MR) is 79.4 cm³/mol. The molecule has 118 valence electrons. The number of aliphatic hydroxyl groups is 1. The SMILES string of the molecule is O=S(=O)(c1ccc(Cl)cc1)[C@H](CCO)c1cc(F)ccc1F. The molecule has 0 aliphatic carbocycles. The Labute approximate surface area is 132 Å². The molecule has 0 saturated heterocycles. The van der Waals surface area contributed by atoms with Gasteiger partial charge in [0.2, 0.25) is 0 Å². The van der Waals surface area contributed by atoms with Gasteiger partial charge in [-0.15, -0.1) is 0 Å². The van der Waals surface area contributed by atoms with Crippen molar-refractivity contribution in [2.45, 2.75) is 16.6 Å². The molecule has 0 aliphatic rings. The zero-order valence-corrected chi connectivity index (χ0v) is 12.9. The first-order valence-electron chi connectivity index (χ1n) is 6.41. The zero-order chi connectivity index (χ0) is 16.3. The van der Waals surface area contributed by atoms with Gasteiger partial charge in [0.1, 0.15) is 11.6 Å². The highest BCUT2D eigenvalue weighted by Gasteiger charge is 2.31. The molecule has 0 radical (unpaired) electrons. The van der Waals surface area contributed by atoms with Gasteiger partial charge in [-0.1, -0.05) is 11.6 Å². The average Bonchev–Trinajstić information content (AvgIpc) is 2.48. The molecule has 3 nitrogen and oxygen atoms in total. The molecule has 0 unspecified atom stereocenters.